The van der Waals surface area contributed by atoms with Crippen LogP contribution in [0.15, 0.2) is 72.8 Å². The molecule has 2 aliphatic heterocycles. The number of carbonyl (C=O) groups excluding carboxylic acids is 1. The number of ether oxygens (including phenoxy) is 3. The molecule has 6 rings (SSSR count). The summed E-state index contributed by atoms with van der Waals surface area (Å²) < 4.78 is 19.1. The van der Waals surface area contributed by atoms with Gasteiger partial charge in [0.05, 0.1) is 17.6 Å². The number of para-hydroxylation sites is 3. The van der Waals surface area contributed by atoms with Crippen molar-refractivity contribution >= 4 is 22.6 Å². The minimum absolute atomic E-state index is 0.0286. The van der Waals surface area contributed by atoms with Gasteiger partial charge in [-0.1, -0.05) is 30.3 Å². The highest BCUT2D eigenvalue weighted by Gasteiger charge is 2.35. The van der Waals surface area contributed by atoms with Crippen LogP contribution < -0.4 is 19.1 Å². The van der Waals surface area contributed by atoms with Crippen LogP contribution in [0, 0.1) is 0 Å². The van der Waals surface area contributed by atoms with Gasteiger partial charge in [-0.05, 0) is 49.2 Å². The highest BCUT2D eigenvalue weighted by atomic mass is 16.7. The maximum absolute atomic E-state index is 13.0. The van der Waals surface area contributed by atoms with Crippen molar-refractivity contribution < 1.29 is 19.0 Å². The Kier molecular flexibility index (Phi) is 5.74. The Bertz CT molecular complexity index is 1350. The largest absolute Gasteiger partial charge is 0.494 e. The lowest BCUT2D eigenvalue weighted by atomic mass is 10.1. The van der Waals surface area contributed by atoms with E-state index in [1.165, 1.54) is 0 Å². The van der Waals surface area contributed by atoms with Gasteiger partial charge in [-0.2, -0.15) is 0 Å². The first-order chi connectivity index (χ1) is 17.3. The minimum Gasteiger partial charge on any atom is -0.494 e. The number of amides is 1. The van der Waals surface area contributed by atoms with Gasteiger partial charge >= 0.3 is 0 Å². The monoisotopic (exact) mass is 469 g/mol. The molecule has 4 aromatic rings. The van der Waals surface area contributed by atoms with E-state index in [9.17, 15) is 4.79 Å². The number of hydrogen-bond donors (Lipinski definition) is 0. The van der Waals surface area contributed by atoms with Crippen LogP contribution in [0.2, 0.25) is 0 Å². The van der Waals surface area contributed by atoms with E-state index in [1.54, 1.807) is 0 Å². The van der Waals surface area contributed by atoms with Crippen LogP contribution in [0.1, 0.15) is 31.0 Å². The molecule has 0 aliphatic carbocycles. The summed E-state index contributed by atoms with van der Waals surface area (Å²) in [5, 5.41) is 0. The number of aromatic nitrogens is 2. The summed E-state index contributed by atoms with van der Waals surface area (Å²) in [4.78, 5) is 19.8. The third-order valence-electron chi connectivity index (χ3n) is 6.63. The summed E-state index contributed by atoms with van der Waals surface area (Å²) in [5.41, 5.74) is 2.92. The predicted octanol–water partition coefficient (Wildman–Crippen LogP) is 5.14. The number of rotatable bonds is 8. The van der Waals surface area contributed by atoms with E-state index in [1.807, 2.05) is 71.6 Å². The van der Waals surface area contributed by atoms with E-state index in [0.717, 1.165) is 53.4 Å². The normalized spacial score (nSPS) is 16.9. The van der Waals surface area contributed by atoms with E-state index in [2.05, 4.69) is 10.6 Å². The number of aryl methyl sites for hydroxylation is 1. The standard InChI is InChI=1S/C28H27N3O4/c32-27-16-20(18-31(27)21-12-13-25-26(17-21)35-19-34-25)28-29-23-10-4-5-11-24(23)30(28)14-6-7-15-33-22-8-2-1-3-9-22/h1-5,8-13,17,20H,6-7,14-16,18-19H2. The lowest BCUT2D eigenvalue weighted by Gasteiger charge is -2.18. The molecule has 7 heteroatoms. The summed E-state index contributed by atoms with van der Waals surface area (Å²) in [7, 11) is 0. The van der Waals surface area contributed by atoms with Gasteiger partial charge in [0.2, 0.25) is 12.7 Å². The first-order valence-electron chi connectivity index (χ1n) is 12.1. The van der Waals surface area contributed by atoms with Crippen LogP contribution in [0.4, 0.5) is 5.69 Å². The molecule has 0 saturated carbocycles. The highest BCUT2D eigenvalue weighted by molar-refractivity contribution is 5.97. The number of imidazole rings is 1. The van der Waals surface area contributed by atoms with Gasteiger partial charge < -0.3 is 23.7 Å². The second-order valence-corrected chi connectivity index (χ2v) is 8.92. The van der Waals surface area contributed by atoms with Crippen molar-refractivity contribution in [3.05, 3.63) is 78.6 Å². The Balaban J connectivity index is 1.18. The Labute approximate surface area is 203 Å². The van der Waals surface area contributed by atoms with Crippen molar-refractivity contribution in [1.82, 2.24) is 9.55 Å². The molecule has 1 unspecified atom stereocenters. The molecule has 0 N–H and O–H groups in total. The quantitative estimate of drug-likeness (QED) is 0.334. The maximum atomic E-state index is 13.0. The van der Waals surface area contributed by atoms with Crippen molar-refractivity contribution in [3.8, 4) is 17.2 Å². The van der Waals surface area contributed by atoms with Crippen LogP contribution in [-0.4, -0.2) is 35.4 Å². The minimum atomic E-state index is 0.0286. The van der Waals surface area contributed by atoms with E-state index >= 15 is 0 Å². The third kappa shape index (κ3) is 4.30. The first-order valence-corrected chi connectivity index (χ1v) is 12.1. The zero-order valence-corrected chi connectivity index (χ0v) is 19.4. The molecule has 35 heavy (non-hydrogen) atoms. The molecule has 0 radical (unpaired) electrons. The molecule has 178 valence electrons. The van der Waals surface area contributed by atoms with E-state index < -0.39 is 0 Å². The van der Waals surface area contributed by atoms with Crippen molar-refractivity contribution in [2.45, 2.75) is 31.7 Å². The van der Waals surface area contributed by atoms with Gasteiger partial charge in [-0.25, -0.2) is 4.98 Å². The van der Waals surface area contributed by atoms with Crippen LogP contribution in [-0.2, 0) is 11.3 Å². The van der Waals surface area contributed by atoms with Crippen LogP contribution in [0.3, 0.4) is 0 Å². The first kappa shape index (κ1) is 21.5. The molecule has 0 spiro atoms. The maximum Gasteiger partial charge on any atom is 0.231 e. The lowest BCUT2D eigenvalue weighted by molar-refractivity contribution is -0.117. The number of unbranched alkanes of at least 4 members (excludes halogenated alkanes) is 1. The smallest absolute Gasteiger partial charge is 0.231 e. The van der Waals surface area contributed by atoms with Gasteiger partial charge in [0.1, 0.15) is 11.6 Å². The molecule has 1 amide bonds. The Morgan fingerprint density at radius 1 is 0.943 bits per heavy atom. The fourth-order valence-electron chi connectivity index (χ4n) is 4.90. The van der Waals surface area contributed by atoms with Gasteiger partial charge in [0, 0.05) is 37.2 Å². The number of anilines is 1. The van der Waals surface area contributed by atoms with Crippen molar-refractivity contribution in [1.29, 1.82) is 0 Å². The molecule has 1 saturated heterocycles. The Hall–Kier alpha value is -4.00. The van der Waals surface area contributed by atoms with Crippen molar-refractivity contribution in [2.75, 3.05) is 24.8 Å². The van der Waals surface area contributed by atoms with Crippen LogP contribution in [0.25, 0.3) is 11.0 Å². The number of fused-ring (bicyclic) bond motifs is 2. The topological polar surface area (TPSA) is 65.8 Å². The van der Waals surface area contributed by atoms with Crippen molar-refractivity contribution in [3.63, 3.8) is 0 Å². The molecule has 1 atom stereocenters. The van der Waals surface area contributed by atoms with E-state index in [0.29, 0.717) is 25.3 Å². The Morgan fingerprint density at radius 2 is 1.77 bits per heavy atom. The third-order valence-corrected chi connectivity index (χ3v) is 6.63. The lowest BCUT2D eigenvalue weighted by Crippen LogP contribution is -2.24. The zero-order chi connectivity index (χ0) is 23.6. The fraction of sp³-hybridized carbons (Fsp3) is 0.286. The highest BCUT2D eigenvalue weighted by Crippen LogP contribution is 2.39. The summed E-state index contributed by atoms with van der Waals surface area (Å²) in [5.74, 6) is 3.41. The van der Waals surface area contributed by atoms with Crippen LogP contribution >= 0.6 is 0 Å². The number of nitrogens with zero attached hydrogens (tertiary/aromatic N) is 3. The van der Waals surface area contributed by atoms with E-state index in [4.69, 9.17) is 19.2 Å². The number of carbonyl (C=O) groups is 1. The summed E-state index contributed by atoms with van der Waals surface area (Å²) in [6, 6.07) is 23.8. The van der Waals surface area contributed by atoms with Gasteiger partial charge in [0.15, 0.2) is 11.5 Å². The molecule has 3 heterocycles. The molecular weight excluding hydrogens is 442 g/mol. The average molecular weight is 470 g/mol. The summed E-state index contributed by atoms with van der Waals surface area (Å²) in [6.07, 6.45) is 2.34. The SMILES string of the molecule is O=C1CC(c2nc3ccccc3n2CCCCOc2ccccc2)CN1c1ccc2c(c1)OCO2. The van der Waals surface area contributed by atoms with E-state index in [-0.39, 0.29) is 18.6 Å². The molecular formula is C28H27N3O4. The molecule has 3 aromatic carbocycles. The van der Waals surface area contributed by atoms with Crippen LogP contribution in [0.5, 0.6) is 17.2 Å². The Morgan fingerprint density at radius 3 is 2.69 bits per heavy atom. The summed E-state index contributed by atoms with van der Waals surface area (Å²) in [6.45, 7) is 2.32. The van der Waals surface area contributed by atoms with Gasteiger partial charge in [-0.3, -0.25) is 4.79 Å². The average Bonchev–Trinajstić information content (AvgIpc) is 3.61. The molecule has 1 aromatic heterocycles. The second kappa shape index (κ2) is 9.33. The fourth-order valence-corrected chi connectivity index (χ4v) is 4.90. The predicted molar refractivity (Wildman–Crippen MR) is 133 cm³/mol. The number of benzene rings is 3. The molecule has 1 fully saturated rings. The molecule has 2 aliphatic rings. The van der Waals surface area contributed by atoms with Crippen molar-refractivity contribution in [2.24, 2.45) is 0 Å². The second-order valence-electron chi connectivity index (χ2n) is 8.92. The molecule has 7 nitrogen and oxygen atoms in total. The van der Waals surface area contributed by atoms with Gasteiger partial charge in [0.25, 0.3) is 0 Å². The number of hydrogen-bond acceptors (Lipinski definition) is 5. The summed E-state index contributed by atoms with van der Waals surface area (Å²) >= 11 is 0. The van der Waals surface area contributed by atoms with Gasteiger partial charge in [-0.15, -0.1) is 0 Å². The zero-order valence-electron chi connectivity index (χ0n) is 19.4. The molecule has 0 bridgehead atoms.